The number of nitrogens with one attached hydrogen (secondary N) is 1. The van der Waals surface area contributed by atoms with Gasteiger partial charge in [0.15, 0.2) is 0 Å². The van der Waals surface area contributed by atoms with E-state index in [1.54, 1.807) is 12.1 Å². The number of amides is 1. The van der Waals surface area contributed by atoms with Crippen molar-refractivity contribution in [3.63, 3.8) is 0 Å². The predicted molar refractivity (Wildman–Crippen MR) is 110 cm³/mol. The molecule has 3 aromatic rings. The molecule has 30 heavy (non-hydrogen) atoms. The minimum Gasteiger partial charge on any atom is -0.367 e. The van der Waals surface area contributed by atoms with E-state index < -0.39 is 11.6 Å². The molecule has 0 radical (unpaired) electrons. The first-order valence-electron chi connectivity index (χ1n) is 9.63. The lowest BCUT2D eigenvalue weighted by Gasteiger charge is -2.19. The number of thiazole rings is 1. The van der Waals surface area contributed by atoms with Crippen molar-refractivity contribution in [3.8, 4) is 0 Å². The predicted octanol–water partition coefficient (Wildman–Crippen LogP) is 4.09. The van der Waals surface area contributed by atoms with Crippen molar-refractivity contribution in [1.82, 2.24) is 10.3 Å². The topological polar surface area (TPSA) is 45.2 Å². The molecule has 1 saturated heterocycles. The standard InChI is InChI=1S/C22H20F3N3OS/c23-15-3-1-14(2-4-15)9-22-27-18(13-30-22)11-21(29)26-17-7-8-28(12-17)20-6-5-16(24)10-19(20)25/h1-6,10,13,17H,7-9,11-12H2,(H,26,29). The van der Waals surface area contributed by atoms with Gasteiger partial charge in [-0.2, -0.15) is 0 Å². The molecule has 0 aliphatic carbocycles. The monoisotopic (exact) mass is 431 g/mol. The van der Waals surface area contributed by atoms with Crippen LogP contribution in [0.1, 0.15) is 22.7 Å². The van der Waals surface area contributed by atoms with Gasteiger partial charge in [0.25, 0.3) is 0 Å². The zero-order valence-corrected chi connectivity index (χ0v) is 16.9. The van der Waals surface area contributed by atoms with E-state index in [-0.39, 0.29) is 24.2 Å². The third-order valence-corrected chi connectivity index (χ3v) is 5.91. The van der Waals surface area contributed by atoms with Gasteiger partial charge < -0.3 is 10.2 Å². The fourth-order valence-electron chi connectivity index (χ4n) is 3.57. The minimum atomic E-state index is -0.609. The normalized spacial score (nSPS) is 16.1. The number of carbonyl (C=O) groups excluding carboxylic acids is 1. The summed E-state index contributed by atoms with van der Waals surface area (Å²) in [7, 11) is 0. The second-order valence-corrected chi connectivity index (χ2v) is 8.25. The van der Waals surface area contributed by atoms with Crippen molar-refractivity contribution in [2.45, 2.75) is 25.3 Å². The summed E-state index contributed by atoms with van der Waals surface area (Å²) in [6.07, 6.45) is 1.45. The molecule has 2 heterocycles. The summed E-state index contributed by atoms with van der Waals surface area (Å²) in [5.41, 5.74) is 1.99. The molecule has 2 aromatic carbocycles. The largest absolute Gasteiger partial charge is 0.367 e. The van der Waals surface area contributed by atoms with Crippen molar-refractivity contribution < 1.29 is 18.0 Å². The Hall–Kier alpha value is -2.87. The van der Waals surface area contributed by atoms with Gasteiger partial charge in [-0.15, -0.1) is 11.3 Å². The first kappa shape index (κ1) is 20.4. The number of aromatic nitrogens is 1. The van der Waals surface area contributed by atoms with Gasteiger partial charge >= 0.3 is 0 Å². The van der Waals surface area contributed by atoms with Crippen LogP contribution in [0.3, 0.4) is 0 Å². The summed E-state index contributed by atoms with van der Waals surface area (Å²) in [6.45, 7) is 1.06. The van der Waals surface area contributed by atoms with Crippen LogP contribution in [-0.2, 0) is 17.6 Å². The van der Waals surface area contributed by atoms with Crippen LogP contribution < -0.4 is 10.2 Å². The van der Waals surface area contributed by atoms with Gasteiger partial charge in [-0.05, 0) is 36.2 Å². The van der Waals surface area contributed by atoms with Gasteiger partial charge in [-0.3, -0.25) is 4.79 Å². The maximum Gasteiger partial charge on any atom is 0.226 e. The first-order valence-corrected chi connectivity index (χ1v) is 10.5. The van der Waals surface area contributed by atoms with E-state index in [0.29, 0.717) is 37.3 Å². The molecule has 1 aliphatic rings. The van der Waals surface area contributed by atoms with Crippen LogP contribution in [0.2, 0.25) is 0 Å². The van der Waals surface area contributed by atoms with E-state index in [9.17, 15) is 18.0 Å². The lowest BCUT2D eigenvalue weighted by Crippen LogP contribution is -2.38. The molecule has 4 nitrogen and oxygen atoms in total. The van der Waals surface area contributed by atoms with Crippen molar-refractivity contribution >= 4 is 22.9 Å². The van der Waals surface area contributed by atoms with E-state index in [2.05, 4.69) is 10.3 Å². The van der Waals surface area contributed by atoms with E-state index in [1.807, 2.05) is 10.3 Å². The Balaban J connectivity index is 1.29. The van der Waals surface area contributed by atoms with Crippen LogP contribution in [0.25, 0.3) is 0 Å². The lowest BCUT2D eigenvalue weighted by atomic mass is 10.1. The molecule has 1 atom stereocenters. The molecule has 1 unspecified atom stereocenters. The molecular weight excluding hydrogens is 411 g/mol. The quantitative estimate of drug-likeness (QED) is 0.640. The summed E-state index contributed by atoms with van der Waals surface area (Å²) in [4.78, 5) is 18.7. The number of benzene rings is 2. The van der Waals surface area contributed by atoms with Crippen molar-refractivity contribution in [3.05, 3.63) is 81.6 Å². The van der Waals surface area contributed by atoms with Crippen molar-refractivity contribution in [2.24, 2.45) is 0 Å². The number of halogens is 3. The number of carbonyl (C=O) groups is 1. The Morgan fingerprint density at radius 2 is 1.90 bits per heavy atom. The highest BCUT2D eigenvalue weighted by Crippen LogP contribution is 2.24. The Labute approximate surface area is 176 Å². The van der Waals surface area contributed by atoms with Gasteiger partial charge in [-0.25, -0.2) is 18.2 Å². The fraction of sp³-hybridized carbons (Fsp3) is 0.273. The van der Waals surface area contributed by atoms with Gasteiger partial charge in [0.2, 0.25) is 5.91 Å². The van der Waals surface area contributed by atoms with E-state index in [4.69, 9.17) is 0 Å². The molecule has 1 fully saturated rings. The van der Waals surface area contributed by atoms with Crippen LogP contribution in [0.15, 0.2) is 47.8 Å². The van der Waals surface area contributed by atoms with Gasteiger partial charge in [0.05, 0.1) is 22.8 Å². The maximum atomic E-state index is 14.0. The highest BCUT2D eigenvalue weighted by atomic mass is 32.1. The second-order valence-electron chi connectivity index (χ2n) is 7.31. The summed E-state index contributed by atoms with van der Waals surface area (Å²) in [5, 5.41) is 5.69. The highest BCUT2D eigenvalue weighted by molar-refractivity contribution is 7.09. The Morgan fingerprint density at radius 3 is 2.67 bits per heavy atom. The van der Waals surface area contributed by atoms with Crippen LogP contribution in [0.4, 0.5) is 18.9 Å². The summed E-state index contributed by atoms with van der Waals surface area (Å²) < 4.78 is 40.1. The molecular formula is C22H20F3N3OS. The Kier molecular flexibility index (Phi) is 6.03. The lowest BCUT2D eigenvalue weighted by molar-refractivity contribution is -0.121. The zero-order chi connectivity index (χ0) is 21.1. The molecule has 156 valence electrons. The first-order chi connectivity index (χ1) is 14.5. The summed E-state index contributed by atoms with van der Waals surface area (Å²) >= 11 is 1.47. The molecule has 1 aromatic heterocycles. The van der Waals surface area contributed by atoms with E-state index >= 15 is 0 Å². The molecule has 0 spiro atoms. The number of rotatable bonds is 6. The summed E-state index contributed by atoms with van der Waals surface area (Å²) in [5.74, 6) is -1.62. The molecule has 8 heteroatoms. The van der Waals surface area contributed by atoms with Crippen molar-refractivity contribution in [2.75, 3.05) is 18.0 Å². The Morgan fingerprint density at radius 1 is 1.13 bits per heavy atom. The minimum absolute atomic E-state index is 0.0979. The molecule has 1 amide bonds. The third kappa shape index (κ3) is 4.99. The number of hydrogen-bond donors (Lipinski definition) is 1. The maximum absolute atomic E-state index is 14.0. The molecule has 0 bridgehead atoms. The van der Waals surface area contributed by atoms with Crippen LogP contribution in [-0.4, -0.2) is 30.0 Å². The molecule has 1 aliphatic heterocycles. The smallest absolute Gasteiger partial charge is 0.226 e. The second kappa shape index (κ2) is 8.87. The number of nitrogens with zero attached hydrogens (tertiary/aromatic N) is 2. The number of hydrogen-bond acceptors (Lipinski definition) is 4. The zero-order valence-electron chi connectivity index (χ0n) is 16.1. The number of anilines is 1. The van der Waals surface area contributed by atoms with Crippen LogP contribution in [0.5, 0.6) is 0 Å². The van der Waals surface area contributed by atoms with E-state index in [0.717, 1.165) is 16.6 Å². The average Bonchev–Trinajstić information content (AvgIpc) is 3.33. The Bertz CT molecular complexity index is 1040. The van der Waals surface area contributed by atoms with Crippen LogP contribution >= 0.6 is 11.3 Å². The average molecular weight is 431 g/mol. The summed E-state index contributed by atoms with van der Waals surface area (Å²) in [6, 6.07) is 9.70. The fourth-order valence-corrected chi connectivity index (χ4v) is 4.39. The highest BCUT2D eigenvalue weighted by Gasteiger charge is 2.26. The van der Waals surface area contributed by atoms with Gasteiger partial charge in [-0.1, -0.05) is 12.1 Å². The third-order valence-electron chi connectivity index (χ3n) is 5.01. The molecule has 1 N–H and O–H groups in total. The van der Waals surface area contributed by atoms with Gasteiger partial charge in [0.1, 0.15) is 17.5 Å². The van der Waals surface area contributed by atoms with E-state index in [1.165, 1.54) is 35.6 Å². The molecule has 4 rings (SSSR count). The molecule has 0 saturated carbocycles. The van der Waals surface area contributed by atoms with Crippen LogP contribution in [0, 0.1) is 17.5 Å². The van der Waals surface area contributed by atoms with Crippen molar-refractivity contribution in [1.29, 1.82) is 0 Å². The SMILES string of the molecule is O=C(Cc1csc(Cc2ccc(F)cc2)n1)NC1CCN(c2ccc(F)cc2F)C1. The van der Waals surface area contributed by atoms with Gasteiger partial charge in [0, 0.05) is 37.0 Å².